The van der Waals surface area contributed by atoms with E-state index in [1.807, 2.05) is 18.2 Å². The Morgan fingerprint density at radius 1 is 1.38 bits per heavy atom. The minimum absolute atomic E-state index is 0.0554. The molecule has 2 rings (SSSR count). The molecule has 0 amide bonds. The number of para-hydroxylation sites is 1. The van der Waals surface area contributed by atoms with Gasteiger partial charge in [0.1, 0.15) is 0 Å². The summed E-state index contributed by atoms with van der Waals surface area (Å²) in [6.07, 6.45) is 1.85. The minimum Gasteiger partial charge on any atom is -0.398 e. The summed E-state index contributed by atoms with van der Waals surface area (Å²) in [4.78, 5) is 2.28. The van der Waals surface area contributed by atoms with E-state index in [4.69, 9.17) is 5.73 Å². The van der Waals surface area contributed by atoms with E-state index in [2.05, 4.69) is 18.0 Å². The lowest BCUT2D eigenvalue weighted by Crippen LogP contribution is -2.36. The molecule has 0 bridgehead atoms. The molecule has 1 aromatic carbocycles. The number of hydrogen-bond donors (Lipinski definition) is 2. The molecule has 3 heteroatoms. The van der Waals surface area contributed by atoms with Gasteiger partial charge in [0.15, 0.2) is 0 Å². The van der Waals surface area contributed by atoms with Gasteiger partial charge >= 0.3 is 0 Å². The normalized spacial score (nSPS) is 24.4. The Balaban J connectivity index is 1.83. The Labute approximate surface area is 96.9 Å². The fraction of sp³-hybridized carbons (Fsp3) is 0.538. The second-order valence-corrected chi connectivity index (χ2v) is 4.89. The van der Waals surface area contributed by atoms with Gasteiger partial charge in [-0.15, -0.1) is 0 Å². The van der Waals surface area contributed by atoms with Crippen molar-refractivity contribution < 1.29 is 5.11 Å². The maximum Gasteiger partial charge on any atom is 0.0546 e. The van der Waals surface area contributed by atoms with Crippen molar-refractivity contribution in [1.29, 1.82) is 0 Å². The highest BCUT2D eigenvalue weighted by Gasteiger charge is 2.27. The number of benzene rings is 1. The highest BCUT2D eigenvalue weighted by atomic mass is 16.3. The molecule has 3 N–H and O–H groups in total. The van der Waals surface area contributed by atoms with Gasteiger partial charge in [0, 0.05) is 18.8 Å². The smallest absolute Gasteiger partial charge is 0.0546 e. The van der Waals surface area contributed by atoms with Gasteiger partial charge < -0.3 is 15.7 Å². The zero-order chi connectivity index (χ0) is 11.5. The number of aliphatic hydroxyl groups is 1. The first-order valence-corrected chi connectivity index (χ1v) is 5.85. The molecule has 1 fully saturated rings. The molecule has 16 heavy (non-hydrogen) atoms. The van der Waals surface area contributed by atoms with Crippen LogP contribution in [0.4, 0.5) is 5.69 Å². The van der Waals surface area contributed by atoms with E-state index >= 15 is 0 Å². The lowest BCUT2D eigenvalue weighted by molar-refractivity contribution is 0.0274. The molecule has 0 spiro atoms. The van der Waals surface area contributed by atoms with E-state index in [1.54, 1.807) is 0 Å². The van der Waals surface area contributed by atoms with Crippen LogP contribution in [-0.4, -0.2) is 29.7 Å². The average Bonchev–Trinajstić information content (AvgIpc) is 2.19. The molecular weight excluding hydrogens is 200 g/mol. The number of aliphatic hydroxyl groups excluding tert-OH is 1. The van der Waals surface area contributed by atoms with Crippen molar-refractivity contribution in [2.24, 2.45) is 5.92 Å². The van der Waals surface area contributed by atoms with Crippen molar-refractivity contribution in [2.75, 3.05) is 19.3 Å². The first-order valence-electron chi connectivity index (χ1n) is 5.85. The highest BCUT2D eigenvalue weighted by Crippen LogP contribution is 2.28. The maximum absolute atomic E-state index is 9.23. The van der Waals surface area contributed by atoms with Crippen molar-refractivity contribution in [2.45, 2.75) is 25.5 Å². The maximum atomic E-state index is 9.23. The number of hydrogen-bond acceptors (Lipinski definition) is 3. The summed E-state index contributed by atoms with van der Waals surface area (Å²) in [5.41, 5.74) is 7.95. The summed E-state index contributed by atoms with van der Waals surface area (Å²) >= 11 is 0. The van der Waals surface area contributed by atoms with E-state index < -0.39 is 0 Å². The second-order valence-electron chi connectivity index (χ2n) is 4.89. The second kappa shape index (κ2) is 4.85. The quantitative estimate of drug-likeness (QED) is 0.755. The molecule has 0 radical (unpaired) electrons. The Morgan fingerprint density at radius 2 is 2.06 bits per heavy atom. The van der Waals surface area contributed by atoms with Gasteiger partial charge in [-0.1, -0.05) is 18.2 Å². The Kier molecular flexibility index (Phi) is 3.46. The summed E-state index contributed by atoms with van der Waals surface area (Å²) in [6, 6.07) is 7.99. The summed E-state index contributed by atoms with van der Waals surface area (Å²) < 4.78 is 0. The zero-order valence-electron chi connectivity index (χ0n) is 9.76. The Hall–Kier alpha value is -1.06. The molecule has 0 atom stereocenters. The fourth-order valence-corrected chi connectivity index (χ4v) is 2.32. The third-order valence-electron chi connectivity index (χ3n) is 3.28. The van der Waals surface area contributed by atoms with Gasteiger partial charge in [-0.2, -0.15) is 0 Å². The predicted molar refractivity (Wildman–Crippen MR) is 65.9 cm³/mol. The van der Waals surface area contributed by atoms with Crippen molar-refractivity contribution in [3.05, 3.63) is 29.8 Å². The molecule has 1 aliphatic rings. The average molecular weight is 220 g/mol. The van der Waals surface area contributed by atoms with Crippen LogP contribution >= 0.6 is 0 Å². The molecule has 0 heterocycles. The SMILES string of the molecule is CN(Cc1ccccc1N)CC1CC(O)C1. The summed E-state index contributed by atoms with van der Waals surface area (Å²) in [6.45, 7) is 1.94. The molecular formula is C13H20N2O. The van der Waals surface area contributed by atoms with Gasteiger partial charge in [0.25, 0.3) is 0 Å². The van der Waals surface area contributed by atoms with Crippen molar-refractivity contribution >= 4 is 5.69 Å². The van der Waals surface area contributed by atoms with Crippen LogP contribution in [0.2, 0.25) is 0 Å². The van der Waals surface area contributed by atoms with Crippen molar-refractivity contribution in [3.8, 4) is 0 Å². The molecule has 1 saturated carbocycles. The lowest BCUT2D eigenvalue weighted by atomic mass is 9.82. The van der Waals surface area contributed by atoms with Gasteiger partial charge in [-0.05, 0) is 37.4 Å². The zero-order valence-corrected chi connectivity index (χ0v) is 9.76. The molecule has 0 aromatic heterocycles. The van der Waals surface area contributed by atoms with Crippen LogP contribution in [0, 0.1) is 5.92 Å². The molecule has 88 valence electrons. The molecule has 1 aliphatic carbocycles. The number of rotatable bonds is 4. The van der Waals surface area contributed by atoms with Crippen LogP contribution < -0.4 is 5.73 Å². The Morgan fingerprint density at radius 3 is 2.69 bits per heavy atom. The monoisotopic (exact) mass is 220 g/mol. The minimum atomic E-state index is -0.0554. The summed E-state index contributed by atoms with van der Waals surface area (Å²) in [7, 11) is 2.11. The van der Waals surface area contributed by atoms with Crippen LogP contribution in [0.15, 0.2) is 24.3 Å². The van der Waals surface area contributed by atoms with Gasteiger partial charge in [0.2, 0.25) is 0 Å². The third kappa shape index (κ3) is 2.74. The summed E-state index contributed by atoms with van der Waals surface area (Å²) in [5.74, 6) is 0.657. The molecule has 0 unspecified atom stereocenters. The van der Waals surface area contributed by atoms with Gasteiger partial charge in [0.05, 0.1) is 6.10 Å². The third-order valence-corrected chi connectivity index (χ3v) is 3.28. The van der Waals surface area contributed by atoms with Crippen LogP contribution in [0.1, 0.15) is 18.4 Å². The Bertz CT molecular complexity index is 348. The highest BCUT2D eigenvalue weighted by molar-refractivity contribution is 5.46. The standard InChI is InChI=1S/C13H20N2O/c1-15(8-10-6-12(16)7-10)9-11-4-2-3-5-13(11)14/h2-5,10,12,16H,6-9,14H2,1H3. The molecule has 3 nitrogen and oxygen atoms in total. The molecule has 0 aliphatic heterocycles. The van der Waals surface area contributed by atoms with Crippen LogP contribution in [-0.2, 0) is 6.54 Å². The van der Waals surface area contributed by atoms with E-state index in [0.717, 1.165) is 31.6 Å². The van der Waals surface area contributed by atoms with Crippen molar-refractivity contribution in [3.63, 3.8) is 0 Å². The van der Waals surface area contributed by atoms with Crippen LogP contribution in [0.5, 0.6) is 0 Å². The topological polar surface area (TPSA) is 49.5 Å². The predicted octanol–water partition coefficient (Wildman–Crippen LogP) is 1.47. The van der Waals surface area contributed by atoms with E-state index in [-0.39, 0.29) is 6.10 Å². The lowest BCUT2D eigenvalue weighted by Gasteiger charge is -2.34. The number of nitrogen functional groups attached to an aromatic ring is 1. The van der Waals surface area contributed by atoms with Crippen LogP contribution in [0.3, 0.4) is 0 Å². The fourth-order valence-electron chi connectivity index (χ4n) is 2.32. The first-order chi connectivity index (χ1) is 7.65. The van der Waals surface area contributed by atoms with E-state index in [9.17, 15) is 5.11 Å². The molecule has 0 saturated heterocycles. The first kappa shape index (κ1) is 11.4. The number of nitrogens with two attached hydrogens (primary N) is 1. The summed E-state index contributed by atoms with van der Waals surface area (Å²) in [5, 5.41) is 9.23. The van der Waals surface area contributed by atoms with Crippen molar-refractivity contribution in [1.82, 2.24) is 4.90 Å². The van der Waals surface area contributed by atoms with Gasteiger partial charge in [-0.3, -0.25) is 0 Å². The number of anilines is 1. The van der Waals surface area contributed by atoms with E-state index in [1.165, 1.54) is 5.56 Å². The van der Waals surface area contributed by atoms with E-state index in [0.29, 0.717) is 5.92 Å². The number of nitrogens with zero attached hydrogens (tertiary/aromatic N) is 1. The van der Waals surface area contributed by atoms with Gasteiger partial charge in [-0.25, -0.2) is 0 Å². The largest absolute Gasteiger partial charge is 0.398 e. The molecule has 1 aromatic rings. The van der Waals surface area contributed by atoms with Crippen LogP contribution in [0.25, 0.3) is 0 Å².